The number of halogens is 1. The van der Waals surface area contributed by atoms with Gasteiger partial charge in [-0.15, -0.1) is 0 Å². The number of piperidine rings is 2. The van der Waals surface area contributed by atoms with E-state index >= 15 is 0 Å². The molecule has 37 heavy (non-hydrogen) atoms. The Kier molecular flexibility index (Phi) is 10.6. The van der Waals surface area contributed by atoms with Crippen molar-refractivity contribution in [1.29, 1.82) is 0 Å². The molecule has 2 aliphatic heterocycles. The van der Waals surface area contributed by atoms with Crippen molar-refractivity contribution in [2.24, 2.45) is 11.8 Å². The van der Waals surface area contributed by atoms with E-state index in [1.165, 1.54) is 12.1 Å². The average molecular weight is 524 g/mol. The molecule has 2 aliphatic rings. The van der Waals surface area contributed by atoms with E-state index in [1.807, 2.05) is 0 Å². The molecule has 1 amide bonds. The molecule has 0 saturated carbocycles. The van der Waals surface area contributed by atoms with Gasteiger partial charge in [0.15, 0.2) is 0 Å². The lowest BCUT2D eigenvalue weighted by atomic mass is 9.77. The number of nitrogens with zero attached hydrogens (tertiary/aromatic N) is 2. The lowest BCUT2D eigenvalue weighted by molar-refractivity contribution is -0.116. The first kappa shape index (κ1) is 27.8. The highest BCUT2D eigenvalue weighted by Crippen LogP contribution is 2.36. The third-order valence-electron chi connectivity index (χ3n) is 7.46. The van der Waals surface area contributed by atoms with Gasteiger partial charge < -0.3 is 24.4 Å². The number of likely N-dealkylation sites (N-methyl/N-ethyl adjacent to an activating group) is 1. The number of carbonyl (C=O) groups is 1. The zero-order valence-electron chi connectivity index (χ0n) is 21.8. The van der Waals surface area contributed by atoms with E-state index in [1.54, 1.807) is 6.07 Å². The third kappa shape index (κ3) is 7.87. The number of ether oxygens (including phenoxy) is 3. The standard InChI is InChI=1S/C27H40FN3O6.H2/c1-3-26(32)29-7-10-33-12-14-35-15-13-34-11-9-31-8-6-21-16-20(18-30(2)24(21)19-31)17-22-23(28)4-5-25-27(22)37-36-25;/h3-5,20-21,24H,1,6-19H2,2H3,(H,29,32);1H/t20-,21-,24+;/m1./s1. The number of likely N-dealkylation sites (tertiary alicyclic amines) is 2. The van der Waals surface area contributed by atoms with Crippen molar-refractivity contribution in [3.63, 3.8) is 0 Å². The van der Waals surface area contributed by atoms with E-state index in [2.05, 4.69) is 28.7 Å². The maximum atomic E-state index is 14.4. The summed E-state index contributed by atoms with van der Waals surface area (Å²) in [6.45, 7) is 11.1. The Morgan fingerprint density at radius 3 is 2.65 bits per heavy atom. The predicted octanol–water partition coefficient (Wildman–Crippen LogP) is 2.95. The van der Waals surface area contributed by atoms with Crippen molar-refractivity contribution in [2.75, 3.05) is 79.4 Å². The van der Waals surface area contributed by atoms with Gasteiger partial charge in [-0.05, 0) is 62.9 Å². The molecule has 9 nitrogen and oxygen atoms in total. The summed E-state index contributed by atoms with van der Waals surface area (Å²) in [4.78, 5) is 15.9. The van der Waals surface area contributed by atoms with Gasteiger partial charge in [-0.3, -0.25) is 18.8 Å². The van der Waals surface area contributed by atoms with E-state index in [0.29, 0.717) is 87.2 Å². The predicted molar refractivity (Wildman–Crippen MR) is 139 cm³/mol. The molecule has 208 valence electrons. The molecule has 0 bridgehead atoms. The van der Waals surface area contributed by atoms with Gasteiger partial charge in [0.25, 0.3) is 0 Å². The smallest absolute Gasteiger partial charge is 0.243 e. The van der Waals surface area contributed by atoms with E-state index in [9.17, 15) is 9.18 Å². The first-order valence-corrected chi connectivity index (χ1v) is 13.3. The van der Waals surface area contributed by atoms with Crippen LogP contribution in [0.15, 0.2) is 33.9 Å². The molecule has 0 aliphatic carbocycles. The normalized spacial score (nSPS) is 22.8. The van der Waals surface area contributed by atoms with E-state index < -0.39 is 0 Å². The molecule has 0 radical (unpaired) electrons. The Morgan fingerprint density at radius 2 is 1.92 bits per heavy atom. The van der Waals surface area contributed by atoms with Crippen LogP contribution < -0.4 is 5.32 Å². The van der Waals surface area contributed by atoms with Crippen LogP contribution in [0.25, 0.3) is 11.2 Å². The molecular weight excluding hydrogens is 481 g/mol. The lowest BCUT2D eigenvalue weighted by Crippen LogP contribution is -2.56. The van der Waals surface area contributed by atoms with Gasteiger partial charge in [-0.2, -0.15) is 0 Å². The monoisotopic (exact) mass is 523 g/mol. The van der Waals surface area contributed by atoms with Crippen LogP contribution in [0.2, 0.25) is 0 Å². The van der Waals surface area contributed by atoms with Gasteiger partial charge in [0.1, 0.15) is 5.82 Å². The van der Waals surface area contributed by atoms with Crippen LogP contribution in [0.3, 0.4) is 0 Å². The number of amides is 1. The SMILES string of the molecule is C=CC(=O)NCCOCCOCCOCCN1CC[C@@H]2C[C@H](Cc3c(F)ccc4ooc34)CN(C)[C@H]2C1.[HH]. The maximum absolute atomic E-state index is 14.4. The minimum Gasteiger partial charge on any atom is -0.378 e. The molecule has 4 rings (SSSR count). The molecule has 1 aromatic carbocycles. The molecule has 2 saturated heterocycles. The number of hydrogen-bond acceptors (Lipinski definition) is 8. The highest BCUT2D eigenvalue weighted by molar-refractivity contribution is 5.86. The topological polar surface area (TPSA) is 89.6 Å². The van der Waals surface area contributed by atoms with Gasteiger partial charge in [-0.25, -0.2) is 4.39 Å². The van der Waals surface area contributed by atoms with Crippen LogP contribution in [-0.4, -0.2) is 101 Å². The number of nitrogens with one attached hydrogen (secondary N) is 1. The second-order valence-corrected chi connectivity index (χ2v) is 10.0. The summed E-state index contributed by atoms with van der Waals surface area (Å²) >= 11 is 0. The van der Waals surface area contributed by atoms with Crippen LogP contribution >= 0.6 is 0 Å². The van der Waals surface area contributed by atoms with Crippen LogP contribution in [0.4, 0.5) is 4.39 Å². The quantitative estimate of drug-likeness (QED) is 0.217. The largest absolute Gasteiger partial charge is 0.378 e. The average Bonchev–Trinajstić information content (AvgIpc) is 2.87. The molecule has 2 aromatic rings. The fourth-order valence-corrected chi connectivity index (χ4v) is 5.54. The first-order chi connectivity index (χ1) is 18.0. The van der Waals surface area contributed by atoms with E-state index in [4.69, 9.17) is 23.4 Å². The van der Waals surface area contributed by atoms with Crippen LogP contribution in [0.1, 0.15) is 19.8 Å². The van der Waals surface area contributed by atoms with Crippen molar-refractivity contribution < 1.29 is 34.0 Å². The third-order valence-corrected chi connectivity index (χ3v) is 7.46. The molecular formula is C27H42FN3O6. The van der Waals surface area contributed by atoms with Crippen molar-refractivity contribution in [1.82, 2.24) is 15.1 Å². The molecule has 0 unspecified atom stereocenters. The number of benzene rings is 1. The maximum Gasteiger partial charge on any atom is 0.243 e. The number of hydrogen-bond donors (Lipinski definition) is 1. The second-order valence-electron chi connectivity index (χ2n) is 10.0. The molecule has 3 heterocycles. The van der Waals surface area contributed by atoms with Crippen molar-refractivity contribution in [3.05, 3.63) is 36.2 Å². The molecule has 1 N–H and O–H groups in total. The highest BCUT2D eigenvalue weighted by Gasteiger charge is 2.38. The Bertz CT molecular complexity index is 1000. The summed E-state index contributed by atoms with van der Waals surface area (Å²) in [5.41, 5.74) is 1.86. The summed E-state index contributed by atoms with van der Waals surface area (Å²) in [6.07, 6.45) is 4.20. The van der Waals surface area contributed by atoms with Crippen LogP contribution in [0.5, 0.6) is 0 Å². The Balaban J connectivity index is 0.00000400. The van der Waals surface area contributed by atoms with Crippen LogP contribution in [0, 0.1) is 17.7 Å². The fraction of sp³-hybridized carbons (Fsp3) is 0.667. The minimum absolute atomic E-state index is 0. The summed E-state index contributed by atoms with van der Waals surface area (Å²) in [5, 5.41) is 2.65. The molecule has 3 atom stereocenters. The highest BCUT2D eigenvalue weighted by atomic mass is 19.1. The second kappa shape index (κ2) is 14.1. The molecule has 1 aromatic heterocycles. The summed E-state index contributed by atoms with van der Waals surface area (Å²) in [6, 6.07) is 3.63. The van der Waals surface area contributed by atoms with Crippen LogP contribution in [-0.2, 0) is 25.4 Å². The van der Waals surface area contributed by atoms with Gasteiger partial charge in [0.05, 0.1) is 39.6 Å². The number of carbonyl (C=O) groups excluding carboxylic acids is 1. The molecule has 2 fully saturated rings. The van der Waals surface area contributed by atoms with E-state index in [0.717, 1.165) is 39.0 Å². The van der Waals surface area contributed by atoms with Gasteiger partial charge >= 0.3 is 0 Å². The zero-order chi connectivity index (χ0) is 26.0. The number of fused-ring (bicyclic) bond motifs is 2. The summed E-state index contributed by atoms with van der Waals surface area (Å²) < 4.78 is 41.1. The van der Waals surface area contributed by atoms with Gasteiger partial charge in [0, 0.05) is 39.2 Å². The Labute approximate surface area is 219 Å². The van der Waals surface area contributed by atoms with Gasteiger partial charge in [0.2, 0.25) is 17.1 Å². The Morgan fingerprint density at radius 1 is 1.16 bits per heavy atom. The summed E-state index contributed by atoms with van der Waals surface area (Å²) in [7, 11) is 2.20. The lowest BCUT2D eigenvalue weighted by Gasteiger charge is -2.48. The van der Waals surface area contributed by atoms with Gasteiger partial charge in [-0.1, -0.05) is 6.58 Å². The number of rotatable bonds is 15. The molecule has 0 spiro atoms. The molecule has 10 heteroatoms. The first-order valence-electron chi connectivity index (χ1n) is 13.3. The van der Waals surface area contributed by atoms with Crippen molar-refractivity contribution in [3.8, 4) is 0 Å². The van der Waals surface area contributed by atoms with Crippen molar-refractivity contribution >= 4 is 17.1 Å². The minimum atomic E-state index is -0.202. The zero-order valence-corrected chi connectivity index (χ0v) is 21.8. The summed E-state index contributed by atoms with van der Waals surface area (Å²) in [5.74, 6) is 0.641. The Hall–Kier alpha value is -2.24. The van der Waals surface area contributed by atoms with Crippen molar-refractivity contribution in [2.45, 2.75) is 25.3 Å². The van der Waals surface area contributed by atoms with E-state index in [-0.39, 0.29) is 13.2 Å². The fourth-order valence-electron chi connectivity index (χ4n) is 5.54.